The van der Waals surface area contributed by atoms with Gasteiger partial charge in [0.2, 0.25) is 11.8 Å². The maximum atomic E-state index is 13.2. The van der Waals surface area contributed by atoms with Crippen LogP contribution in [0.2, 0.25) is 0 Å². The first kappa shape index (κ1) is 20.7. The van der Waals surface area contributed by atoms with Gasteiger partial charge in [0.25, 0.3) is 0 Å². The molecule has 0 amide bonds. The van der Waals surface area contributed by atoms with Gasteiger partial charge in [0, 0.05) is 24.4 Å². The lowest BCUT2D eigenvalue weighted by atomic mass is 10.2. The number of benzene rings is 2. The van der Waals surface area contributed by atoms with Gasteiger partial charge in [-0.2, -0.15) is 0 Å². The van der Waals surface area contributed by atoms with Crippen molar-refractivity contribution in [2.45, 2.75) is 17.8 Å². The number of nitrogens with zero attached hydrogens (tertiary/aromatic N) is 5. The van der Waals surface area contributed by atoms with E-state index in [0.29, 0.717) is 24.9 Å². The lowest BCUT2D eigenvalue weighted by Gasteiger charge is -2.28. The number of aryl methyl sites for hydroxylation is 1. The Morgan fingerprint density at radius 3 is 2.59 bits per heavy atom. The first-order chi connectivity index (χ1) is 15.7. The Hall–Kier alpha value is -3.17. The van der Waals surface area contributed by atoms with Crippen molar-refractivity contribution in [3.63, 3.8) is 0 Å². The third-order valence-corrected chi connectivity index (χ3v) is 6.22. The molecule has 5 rings (SSSR count). The second-order valence-electron chi connectivity index (χ2n) is 7.44. The van der Waals surface area contributed by atoms with Crippen LogP contribution in [0, 0.1) is 12.7 Å². The molecule has 1 aliphatic heterocycles. The van der Waals surface area contributed by atoms with Crippen LogP contribution in [-0.4, -0.2) is 46.1 Å². The summed E-state index contributed by atoms with van der Waals surface area (Å²) in [5.74, 6) is 1.56. The second-order valence-corrected chi connectivity index (χ2v) is 8.39. The third-order valence-electron chi connectivity index (χ3n) is 5.26. The van der Waals surface area contributed by atoms with Gasteiger partial charge in [0.1, 0.15) is 12.1 Å². The summed E-state index contributed by atoms with van der Waals surface area (Å²) in [6.45, 7) is 4.99. The van der Waals surface area contributed by atoms with Crippen LogP contribution in [0.4, 0.5) is 10.3 Å². The molecule has 0 N–H and O–H groups in total. The van der Waals surface area contributed by atoms with Gasteiger partial charge < -0.3 is 14.1 Å². The van der Waals surface area contributed by atoms with Crippen molar-refractivity contribution in [2.75, 3.05) is 31.2 Å². The highest BCUT2D eigenvalue weighted by molar-refractivity contribution is 7.98. The number of morpholine rings is 1. The van der Waals surface area contributed by atoms with E-state index in [2.05, 4.69) is 43.7 Å². The Kier molecular flexibility index (Phi) is 5.91. The molecular formula is C23H22FN5O2S. The second kappa shape index (κ2) is 9.13. The molecule has 0 atom stereocenters. The van der Waals surface area contributed by atoms with E-state index >= 15 is 0 Å². The number of oxazole rings is 1. The molecule has 0 spiro atoms. The summed E-state index contributed by atoms with van der Waals surface area (Å²) < 4.78 is 26.4. The van der Waals surface area contributed by atoms with Crippen LogP contribution in [0.25, 0.3) is 17.1 Å². The minimum absolute atomic E-state index is 0.289. The van der Waals surface area contributed by atoms with E-state index in [0.717, 1.165) is 46.7 Å². The molecule has 0 radical (unpaired) electrons. The number of rotatable bonds is 6. The Bertz CT molecular complexity index is 1200. The predicted octanol–water partition coefficient (Wildman–Crippen LogP) is 4.50. The molecule has 4 aromatic rings. The zero-order chi connectivity index (χ0) is 21.9. The number of ether oxygens (including phenoxy) is 1. The highest BCUT2D eigenvalue weighted by atomic mass is 32.2. The molecule has 3 heterocycles. The highest BCUT2D eigenvalue weighted by Crippen LogP contribution is 2.31. The predicted molar refractivity (Wildman–Crippen MR) is 121 cm³/mol. The summed E-state index contributed by atoms with van der Waals surface area (Å²) in [6, 6.07) is 14.3. The quantitative estimate of drug-likeness (QED) is 0.400. The van der Waals surface area contributed by atoms with E-state index in [1.54, 1.807) is 30.2 Å². The van der Waals surface area contributed by atoms with Crippen LogP contribution in [0.3, 0.4) is 0 Å². The van der Waals surface area contributed by atoms with Crippen LogP contribution >= 0.6 is 11.8 Å². The molecule has 2 aromatic carbocycles. The molecule has 164 valence electrons. The van der Waals surface area contributed by atoms with E-state index in [4.69, 9.17) is 9.15 Å². The average molecular weight is 452 g/mol. The van der Waals surface area contributed by atoms with E-state index in [9.17, 15) is 4.39 Å². The van der Waals surface area contributed by atoms with Crippen LogP contribution < -0.4 is 4.90 Å². The molecule has 9 heteroatoms. The molecule has 0 unspecified atom stereocenters. The summed E-state index contributed by atoms with van der Waals surface area (Å²) >= 11 is 1.55. The zero-order valence-electron chi connectivity index (χ0n) is 17.6. The number of aromatic nitrogens is 4. The number of thioether (sulfide) groups is 1. The van der Waals surface area contributed by atoms with E-state index in [1.807, 2.05) is 12.1 Å². The lowest BCUT2D eigenvalue weighted by Crippen LogP contribution is -2.38. The monoisotopic (exact) mass is 451 g/mol. The van der Waals surface area contributed by atoms with Gasteiger partial charge in [-0.15, -0.1) is 10.2 Å². The number of para-hydroxylation sites is 1. The van der Waals surface area contributed by atoms with Gasteiger partial charge in [-0.05, 0) is 42.8 Å². The molecule has 0 saturated carbocycles. The van der Waals surface area contributed by atoms with Gasteiger partial charge >= 0.3 is 0 Å². The van der Waals surface area contributed by atoms with Crippen molar-refractivity contribution < 1.29 is 13.5 Å². The molecule has 1 fully saturated rings. The fourth-order valence-corrected chi connectivity index (χ4v) is 4.40. The molecule has 1 aliphatic rings. The maximum absolute atomic E-state index is 13.2. The van der Waals surface area contributed by atoms with Crippen LogP contribution in [0.1, 0.15) is 11.3 Å². The van der Waals surface area contributed by atoms with Crippen molar-refractivity contribution in [1.29, 1.82) is 0 Å². The summed E-state index contributed by atoms with van der Waals surface area (Å²) in [6.07, 6.45) is 1.63. The van der Waals surface area contributed by atoms with Gasteiger partial charge in [0.05, 0.1) is 24.6 Å². The first-order valence-corrected chi connectivity index (χ1v) is 11.3. The standard InChI is InChI=1S/C23H22FN5O2S/c1-16-4-2-3-5-20(16)29-22(28-10-12-30-13-11-28)26-27-23(29)32-15-19-14-31-21(25-19)17-6-8-18(24)9-7-17/h2-9,14H,10-13,15H2,1H3. The summed E-state index contributed by atoms with van der Waals surface area (Å²) in [5, 5.41) is 9.79. The molecular weight excluding hydrogens is 429 g/mol. The Labute approximate surface area is 189 Å². The first-order valence-electron chi connectivity index (χ1n) is 10.4. The van der Waals surface area contributed by atoms with Gasteiger partial charge in [-0.1, -0.05) is 30.0 Å². The van der Waals surface area contributed by atoms with Gasteiger partial charge in [-0.25, -0.2) is 9.37 Å². The van der Waals surface area contributed by atoms with Crippen molar-refractivity contribution in [2.24, 2.45) is 0 Å². The summed E-state index contributed by atoms with van der Waals surface area (Å²) in [7, 11) is 0. The molecule has 1 saturated heterocycles. The molecule has 7 nitrogen and oxygen atoms in total. The smallest absolute Gasteiger partial charge is 0.232 e. The number of anilines is 1. The van der Waals surface area contributed by atoms with Crippen LogP contribution in [-0.2, 0) is 10.5 Å². The highest BCUT2D eigenvalue weighted by Gasteiger charge is 2.23. The SMILES string of the molecule is Cc1ccccc1-n1c(SCc2coc(-c3ccc(F)cc3)n2)nnc1N1CCOCC1. The summed E-state index contributed by atoms with van der Waals surface area (Å²) in [4.78, 5) is 6.75. The molecule has 2 aromatic heterocycles. The lowest BCUT2D eigenvalue weighted by molar-refractivity contribution is 0.122. The van der Waals surface area contributed by atoms with Crippen molar-refractivity contribution in [3.8, 4) is 17.1 Å². The minimum atomic E-state index is -0.289. The molecule has 32 heavy (non-hydrogen) atoms. The fourth-order valence-electron chi connectivity index (χ4n) is 3.59. The number of hydrogen-bond donors (Lipinski definition) is 0. The Morgan fingerprint density at radius 1 is 1.03 bits per heavy atom. The number of halogens is 1. The minimum Gasteiger partial charge on any atom is -0.444 e. The fraction of sp³-hybridized carbons (Fsp3) is 0.261. The number of hydrogen-bond acceptors (Lipinski definition) is 7. The van der Waals surface area contributed by atoms with Crippen molar-refractivity contribution >= 4 is 17.7 Å². The molecule has 0 aliphatic carbocycles. The topological polar surface area (TPSA) is 69.2 Å². The van der Waals surface area contributed by atoms with Crippen LogP contribution in [0.5, 0.6) is 0 Å². The maximum Gasteiger partial charge on any atom is 0.232 e. The van der Waals surface area contributed by atoms with Gasteiger partial charge in [0.15, 0.2) is 5.16 Å². The van der Waals surface area contributed by atoms with E-state index in [-0.39, 0.29) is 5.82 Å². The largest absolute Gasteiger partial charge is 0.444 e. The van der Waals surface area contributed by atoms with Crippen LogP contribution in [0.15, 0.2) is 64.4 Å². The van der Waals surface area contributed by atoms with Crippen molar-refractivity contribution in [1.82, 2.24) is 19.7 Å². The van der Waals surface area contributed by atoms with E-state index in [1.165, 1.54) is 12.1 Å². The Morgan fingerprint density at radius 2 is 1.81 bits per heavy atom. The Balaban J connectivity index is 1.41. The van der Waals surface area contributed by atoms with Crippen molar-refractivity contribution in [3.05, 3.63) is 71.9 Å². The average Bonchev–Trinajstić information content (AvgIpc) is 3.46. The third kappa shape index (κ3) is 4.26. The molecule has 0 bridgehead atoms. The zero-order valence-corrected chi connectivity index (χ0v) is 18.4. The summed E-state index contributed by atoms with van der Waals surface area (Å²) in [5.41, 5.74) is 3.71. The van der Waals surface area contributed by atoms with E-state index < -0.39 is 0 Å². The normalized spacial score (nSPS) is 14.1. The van der Waals surface area contributed by atoms with Gasteiger partial charge in [-0.3, -0.25) is 4.57 Å².